The minimum absolute atomic E-state index is 0.246. The number of carbonyl (C=O) groups is 3. The zero-order valence-electron chi connectivity index (χ0n) is 16.7. The summed E-state index contributed by atoms with van der Waals surface area (Å²) >= 11 is 4.23. The fraction of sp³-hybridized carbons (Fsp3) is 0.227. The van der Waals surface area contributed by atoms with Gasteiger partial charge in [-0.25, -0.2) is 4.79 Å². The fourth-order valence-electron chi connectivity index (χ4n) is 3.03. The van der Waals surface area contributed by atoms with Crippen molar-refractivity contribution in [3.63, 3.8) is 0 Å². The van der Waals surface area contributed by atoms with Gasteiger partial charge in [0.05, 0.1) is 16.5 Å². The van der Waals surface area contributed by atoms with Crippen molar-refractivity contribution in [1.29, 1.82) is 0 Å². The van der Waals surface area contributed by atoms with E-state index in [1.807, 2.05) is 30.3 Å². The number of methoxy groups -OCH3 is 1. The molecule has 1 heterocycles. The Bertz CT molecular complexity index is 1020. The summed E-state index contributed by atoms with van der Waals surface area (Å²) in [6.07, 6.45) is 3.07. The Morgan fingerprint density at radius 1 is 1.23 bits per heavy atom. The molecule has 162 valence electrons. The topological polar surface area (TPSA) is 93.1 Å². The molecule has 2 amide bonds. The van der Waals surface area contributed by atoms with Gasteiger partial charge in [-0.05, 0) is 69.9 Å². The molecule has 1 N–H and O–H groups in total. The number of carboxylic acids is 1. The molecule has 2 aromatic rings. The van der Waals surface area contributed by atoms with E-state index in [1.54, 1.807) is 18.2 Å². The van der Waals surface area contributed by atoms with E-state index in [9.17, 15) is 14.4 Å². The summed E-state index contributed by atoms with van der Waals surface area (Å²) in [5, 5.41) is 8.52. The number of benzene rings is 2. The Morgan fingerprint density at radius 2 is 1.97 bits per heavy atom. The lowest BCUT2D eigenvalue weighted by Crippen LogP contribution is -2.29. The average Bonchev–Trinajstić information content (AvgIpc) is 3.00. The van der Waals surface area contributed by atoms with Crippen molar-refractivity contribution < 1.29 is 29.0 Å². The van der Waals surface area contributed by atoms with Crippen LogP contribution in [-0.2, 0) is 16.0 Å². The van der Waals surface area contributed by atoms with Gasteiger partial charge in [-0.15, -0.1) is 0 Å². The van der Waals surface area contributed by atoms with E-state index >= 15 is 0 Å². The first kappa shape index (κ1) is 22.9. The van der Waals surface area contributed by atoms with Crippen LogP contribution in [0.5, 0.6) is 11.5 Å². The Kier molecular flexibility index (Phi) is 7.75. The highest BCUT2D eigenvalue weighted by atomic mass is 79.9. The first-order valence-corrected chi connectivity index (χ1v) is 11.0. The van der Waals surface area contributed by atoms with Gasteiger partial charge < -0.3 is 14.6 Å². The highest BCUT2D eigenvalue weighted by Gasteiger charge is 2.34. The largest absolute Gasteiger partial charge is 0.493 e. The minimum Gasteiger partial charge on any atom is -0.493 e. The van der Waals surface area contributed by atoms with Crippen molar-refractivity contribution in [2.45, 2.75) is 12.8 Å². The Labute approximate surface area is 192 Å². The molecule has 0 atom stereocenters. The Hall–Kier alpha value is -2.78. The lowest BCUT2D eigenvalue weighted by molar-refractivity contribution is -0.139. The number of hydrogen-bond acceptors (Lipinski definition) is 6. The summed E-state index contributed by atoms with van der Waals surface area (Å²) in [6.45, 7) is -0.165. The molecule has 2 aromatic carbocycles. The number of ether oxygens (including phenoxy) is 2. The zero-order chi connectivity index (χ0) is 22.4. The van der Waals surface area contributed by atoms with Gasteiger partial charge >= 0.3 is 5.97 Å². The predicted octanol–water partition coefficient (Wildman–Crippen LogP) is 4.59. The van der Waals surface area contributed by atoms with Crippen LogP contribution in [0.4, 0.5) is 4.79 Å². The van der Waals surface area contributed by atoms with Crippen molar-refractivity contribution in [3.8, 4) is 11.5 Å². The standard InChI is InChI=1S/C22H20BrNO6S/c1-29-17-11-15(10-16(23)20(17)30-13-19(25)26)12-18-21(27)24(22(28)31-18)9-5-8-14-6-3-2-4-7-14/h2-4,6-7,10-12H,5,8-9,13H2,1H3,(H,25,26)/b18-12+. The number of aryl methyl sites for hydroxylation is 1. The van der Waals surface area contributed by atoms with Gasteiger partial charge in [0.25, 0.3) is 11.1 Å². The minimum atomic E-state index is -1.11. The van der Waals surface area contributed by atoms with Crippen LogP contribution in [0.15, 0.2) is 51.8 Å². The van der Waals surface area contributed by atoms with Gasteiger partial charge in [-0.1, -0.05) is 30.3 Å². The lowest BCUT2D eigenvalue weighted by atomic mass is 10.1. The summed E-state index contributed by atoms with van der Waals surface area (Å²) in [7, 11) is 1.43. The molecule has 1 fully saturated rings. The molecule has 1 aliphatic rings. The molecular weight excluding hydrogens is 486 g/mol. The van der Waals surface area contributed by atoms with Crippen LogP contribution in [-0.4, -0.2) is 47.4 Å². The van der Waals surface area contributed by atoms with Crippen molar-refractivity contribution in [3.05, 3.63) is 63.0 Å². The van der Waals surface area contributed by atoms with E-state index in [2.05, 4.69) is 15.9 Å². The summed E-state index contributed by atoms with van der Waals surface area (Å²) in [4.78, 5) is 37.4. The first-order chi connectivity index (χ1) is 14.9. The van der Waals surface area contributed by atoms with Crippen LogP contribution in [0.1, 0.15) is 17.5 Å². The third-order valence-electron chi connectivity index (χ3n) is 4.45. The number of halogens is 1. The predicted molar refractivity (Wildman–Crippen MR) is 121 cm³/mol. The molecule has 7 nitrogen and oxygen atoms in total. The maximum absolute atomic E-state index is 12.7. The van der Waals surface area contributed by atoms with Crippen LogP contribution in [0.3, 0.4) is 0 Å². The summed E-state index contributed by atoms with van der Waals surface area (Å²) < 4.78 is 11.0. The van der Waals surface area contributed by atoms with E-state index in [1.165, 1.54) is 12.0 Å². The molecule has 0 spiro atoms. The summed E-state index contributed by atoms with van der Waals surface area (Å²) in [5.74, 6) is -0.886. The van der Waals surface area contributed by atoms with Crippen molar-refractivity contribution in [2.75, 3.05) is 20.3 Å². The van der Waals surface area contributed by atoms with Crippen LogP contribution in [0, 0.1) is 0 Å². The van der Waals surface area contributed by atoms with Gasteiger partial charge in [-0.2, -0.15) is 0 Å². The summed E-state index contributed by atoms with van der Waals surface area (Å²) in [5.41, 5.74) is 1.77. The SMILES string of the molecule is COc1cc(/C=C2/SC(=O)N(CCCc3ccccc3)C2=O)cc(Br)c1OCC(=O)O. The second-order valence-corrected chi connectivity index (χ2v) is 8.49. The molecule has 0 radical (unpaired) electrons. The average molecular weight is 506 g/mol. The van der Waals surface area contributed by atoms with Crippen molar-refractivity contribution in [1.82, 2.24) is 4.90 Å². The highest BCUT2D eigenvalue weighted by molar-refractivity contribution is 9.10. The molecule has 1 saturated heterocycles. The van der Waals surface area contributed by atoms with Crippen molar-refractivity contribution in [2.24, 2.45) is 0 Å². The van der Waals surface area contributed by atoms with E-state index in [4.69, 9.17) is 14.6 Å². The Morgan fingerprint density at radius 3 is 2.65 bits per heavy atom. The molecule has 3 rings (SSSR count). The quantitative estimate of drug-likeness (QED) is 0.498. The number of carboxylic acid groups (broad SMARTS) is 1. The number of nitrogens with zero attached hydrogens (tertiary/aromatic N) is 1. The highest BCUT2D eigenvalue weighted by Crippen LogP contribution is 2.39. The second-order valence-electron chi connectivity index (χ2n) is 6.64. The Balaban J connectivity index is 1.71. The van der Waals surface area contributed by atoms with Crippen LogP contribution < -0.4 is 9.47 Å². The summed E-state index contributed by atoms with van der Waals surface area (Å²) in [6, 6.07) is 13.2. The van der Waals surface area contributed by atoms with Crippen LogP contribution in [0.2, 0.25) is 0 Å². The molecule has 0 aromatic heterocycles. The van der Waals surface area contributed by atoms with Crippen molar-refractivity contribution >= 4 is 50.9 Å². The van der Waals surface area contributed by atoms with Crippen LogP contribution >= 0.6 is 27.7 Å². The number of rotatable bonds is 9. The fourth-order valence-corrected chi connectivity index (χ4v) is 4.47. The monoisotopic (exact) mass is 505 g/mol. The number of thioether (sulfide) groups is 1. The van der Waals surface area contributed by atoms with Gasteiger partial charge in [-0.3, -0.25) is 14.5 Å². The molecule has 0 bridgehead atoms. The number of amides is 2. The number of carbonyl (C=O) groups excluding carboxylic acids is 2. The third-order valence-corrected chi connectivity index (χ3v) is 5.95. The lowest BCUT2D eigenvalue weighted by Gasteiger charge is -2.13. The molecule has 1 aliphatic heterocycles. The molecule has 9 heteroatoms. The van der Waals surface area contributed by atoms with E-state index in [0.29, 0.717) is 33.7 Å². The maximum Gasteiger partial charge on any atom is 0.341 e. The van der Waals surface area contributed by atoms with Gasteiger partial charge in [0, 0.05) is 6.54 Å². The van der Waals surface area contributed by atoms with Gasteiger partial charge in [0.2, 0.25) is 0 Å². The molecule has 0 unspecified atom stereocenters. The number of imide groups is 1. The van der Waals surface area contributed by atoms with E-state index in [0.717, 1.165) is 23.7 Å². The maximum atomic E-state index is 12.7. The van der Waals surface area contributed by atoms with E-state index < -0.39 is 12.6 Å². The normalized spacial score (nSPS) is 14.9. The van der Waals surface area contributed by atoms with Crippen LogP contribution in [0.25, 0.3) is 6.08 Å². The number of aliphatic carboxylic acids is 1. The van der Waals surface area contributed by atoms with E-state index in [-0.39, 0.29) is 16.9 Å². The molecule has 0 aliphatic carbocycles. The molecule has 0 saturated carbocycles. The smallest absolute Gasteiger partial charge is 0.341 e. The second kappa shape index (κ2) is 10.5. The van der Waals surface area contributed by atoms with Gasteiger partial charge in [0.1, 0.15) is 0 Å². The zero-order valence-corrected chi connectivity index (χ0v) is 19.1. The first-order valence-electron chi connectivity index (χ1n) is 9.40. The molecule has 31 heavy (non-hydrogen) atoms. The van der Waals surface area contributed by atoms with Gasteiger partial charge in [0.15, 0.2) is 18.1 Å². The number of hydrogen-bond donors (Lipinski definition) is 1. The molecular formula is C22H20BrNO6S. The third kappa shape index (κ3) is 5.89.